The van der Waals surface area contributed by atoms with Gasteiger partial charge >= 0.3 is 5.97 Å². The second-order valence-electron chi connectivity index (χ2n) is 7.28. The van der Waals surface area contributed by atoms with Crippen molar-refractivity contribution in [3.63, 3.8) is 0 Å². The number of rotatable bonds is 7. The molecule has 0 spiro atoms. The molecule has 4 rings (SSSR count). The summed E-state index contributed by atoms with van der Waals surface area (Å²) in [5.74, 6) is -0.403. The molecule has 2 aromatic heterocycles. The lowest BCUT2D eigenvalue weighted by molar-refractivity contribution is 0.0531. The molecule has 0 bridgehead atoms. The minimum atomic E-state index is -0.450. The maximum Gasteiger partial charge on any atom is 0.348 e. The number of carbonyl (C=O) groups excluding carboxylic acids is 1. The number of thiophene rings is 1. The van der Waals surface area contributed by atoms with Crippen LogP contribution in [-0.4, -0.2) is 34.8 Å². The molecular weight excluding hydrogens is 439 g/mol. The molecule has 3 heterocycles. The van der Waals surface area contributed by atoms with E-state index in [1.165, 1.54) is 17.8 Å². The molecule has 6 nitrogen and oxygen atoms in total. The predicted octanol–water partition coefficient (Wildman–Crippen LogP) is 4.55. The number of hydrogen-bond donors (Lipinski definition) is 0. The van der Waals surface area contributed by atoms with Crippen molar-refractivity contribution in [2.45, 2.75) is 50.2 Å². The summed E-state index contributed by atoms with van der Waals surface area (Å²) in [6.07, 6.45) is 1.77. The Balaban J connectivity index is 1.77. The normalized spacial score (nSPS) is 16.2. The summed E-state index contributed by atoms with van der Waals surface area (Å²) in [5, 5.41) is 0.925. The second-order valence-corrected chi connectivity index (χ2v) is 9.22. The number of nitrogens with zero attached hydrogens (tertiary/aromatic N) is 2. The molecular formula is C22H23FN2O4S2. The van der Waals surface area contributed by atoms with Crippen LogP contribution >= 0.6 is 23.1 Å². The smallest absolute Gasteiger partial charge is 0.348 e. The van der Waals surface area contributed by atoms with Crippen molar-refractivity contribution in [2.75, 3.05) is 13.2 Å². The largest absolute Gasteiger partial charge is 0.462 e. The highest BCUT2D eigenvalue weighted by atomic mass is 32.2. The number of ether oxygens (including phenoxy) is 2. The highest BCUT2D eigenvalue weighted by Gasteiger charge is 2.25. The van der Waals surface area contributed by atoms with Crippen LogP contribution in [0.15, 0.2) is 34.2 Å². The third-order valence-electron chi connectivity index (χ3n) is 5.20. The molecule has 0 N–H and O–H groups in total. The van der Waals surface area contributed by atoms with Crippen LogP contribution in [0.4, 0.5) is 4.39 Å². The van der Waals surface area contributed by atoms with Crippen LogP contribution in [0.5, 0.6) is 0 Å². The predicted molar refractivity (Wildman–Crippen MR) is 120 cm³/mol. The van der Waals surface area contributed by atoms with Gasteiger partial charge in [0.15, 0.2) is 5.16 Å². The number of aromatic nitrogens is 2. The minimum absolute atomic E-state index is 0.0618. The number of aryl methyl sites for hydroxylation is 1. The zero-order chi connectivity index (χ0) is 22.0. The van der Waals surface area contributed by atoms with E-state index in [0.717, 1.165) is 24.2 Å². The van der Waals surface area contributed by atoms with Crippen LogP contribution in [-0.2, 0) is 21.8 Å². The molecule has 164 valence electrons. The first-order valence-corrected chi connectivity index (χ1v) is 12.0. The van der Waals surface area contributed by atoms with E-state index in [1.807, 2.05) is 0 Å². The molecule has 1 aromatic carbocycles. The molecule has 31 heavy (non-hydrogen) atoms. The molecule has 0 radical (unpaired) electrons. The monoisotopic (exact) mass is 462 g/mol. The number of benzene rings is 1. The lowest BCUT2D eigenvalue weighted by Gasteiger charge is -2.16. The third kappa shape index (κ3) is 4.53. The van der Waals surface area contributed by atoms with E-state index in [9.17, 15) is 14.0 Å². The Kier molecular flexibility index (Phi) is 6.74. The van der Waals surface area contributed by atoms with Gasteiger partial charge in [-0.15, -0.1) is 11.3 Å². The van der Waals surface area contributed by atoms with E-state index in [0.29, 0.717) is 50.3 Å². The summed E-state index contributed by atoms with van der Waals surface area (Å²) in [6.45, 7) is 4.80. The van der Waals surface area contributed by atoms with Gasteiger partial charge in [-0.2, -0.15) is 0 Å². The van der Waals surface area contributed by atoms with Gasteiger partial charge in [-0.05, 0) is 43.9 Å². The first-order valence-electron chi connectivity index (χ1n) is 10.2. The molecule has 0 aliphatic carbocycles. The standard InChI is InChI=1S/C22H23FN2O4S2/c1-3-28-21(27)18-13(2)17-19(31-18)24-22(30-12-14-7-4-5-9-16(14)23)25(20(17)26)11-15-8-6-10-29-15/h4-5,7,9,15H,3,6,8,10-12H2,1-2H3. The molecule has 9 heteroatoms. The maximum atomic E-state index is 14.1. The molecule has 0 saturated carbocycles. The Morgan fingerprint density at radius 2 is 2.23 bits per heavy atom. The molecule has 1 saturated heterocycles. The maximum absolute atomic E-state index is 14.1. The Morgan fingerprint density at radius 3 is 2.94 bits per heavy atom. The van der Waals surface area contributed by atoms with Crippen molar-refractivity contribution in [1.82, 2.24) is 9.55 Å². The first kappa shape index (κ1) is 22.0. The van der Waals surface area contributed by atoms with Crippen molar-refractivity contribution in [3.8, 4) is 0 Å². The molecule has 0 amide bonds. The van der Waals surface area contributed by atoms with Crippen LogP contribution in [0, 0.1) is 12.7 Å². The number of carbonyl (C=O) groups is 1. The Labute approximate surface area is 187 Å². The molecule has 1 aliphatic rings. The minimum Gasteiger partial charge on any atom is -0.462 e. The number of esters is 1. The zero-order valence-electron chi connectivity index (χ0n) is 17.4. The van der Waals surface area contributed by atoms with Crippen molar-refractivity contribution in [1.29, 1.82) is 0 Å². The van der Waals surface area contributed by atoms with Crippen molar-refractivity contribution in [2.24, 2.45) is 0 Å². The summed E-state index contributed by atoms with van der Waals surface area (Å²) < 4.78 is 26.6. The summed E-state index contributed by atoms with van der Waals surface area (Å²) in [7, 11) is 0. The summed E-state index contributed by atoms with van der Waals surface area (Å²) in [4.78, 5) is 31.4. The highest BCUT2D eigenvalue weighted by Crippen LogP contribution is 2.31. The van der Waals surface area contributed by atoms with E-state index < -0.39 is 5.97 Å². The van der Waals surface area contributed by atoms with Gasteiger partial charge in [0.1, 0.15) is 15.5 Å². The van der Waals surface area contributed by atoms with Crippen LogP contribution in [0.2, 0.25) is 0 Å². The lowest BCUT2D eigenvalue weighted by atomic mass is 10.2. The Hall–Kier alpha value is -2.23. The van der Waals surface area contributed by atoms with E-state index in [1.54, 1.807) is 36.6 Å². The second kappa shape index (κ2) is 9.50. The zero-order valence-corrected chi connectivity index (χ0v) is 19.0. The van der Waals surface area contributed by atoms with Gasteiger partial charge in [-0.3, -0.25) is 9.36 Å². The van der Waals surface area contributed by atoms with Crippen molar-refractivity contribution in [3.05, 3.63) is 56.4 Å². The summed E-state index contributed by atoms with van der Waals surface area (Å²) in [6, 6.07) is 6.56. The molecule has 1 aliphatic heterocycles. The molecule has 1 unspecified atom stereocenters. The average Bonchev–Trinajstić information content (AvgIpc) is 3.38. The van der Waals surface area contributed by atoms with Gasteiger partial charge in [-0.25, -0.2) is 14.2 Å². The van der Waals surface area contributed by atoms with Gasteiger partial charge in [0.2, 0.25) is 0 Å². The fourth-order valence-electron chi connectivity index (χ4n) is 3.61. The van der Waals surface area contributed by atoms with Crippen LogP contribution in [0.25, 0.3) is 10.2 Å². The Morgan fingerprint density at radius 1 is 1.42 bits per heavy atom. The van der Waals surface area contributed by atoms with Gasteiger partial charge in [0.25, 0.3) is 5.56 Å². The molecule has 1 fully saturated rings. The van der Waals surface area contributed by atoms with Gasteiger partial charge in [0.05, 0.1) is 24.6 Å². The van der Waals surface area contributed by atoms with Gasteiger partial charge in [-0.1, -0.05) is 30.0 Å². The number of hydrogen-bond acceptors (Lipinski definition) is 7. The molecule has 3 aromatic rings. The van der Waals surface area contributed by atoms with Crippen molar-refractivity contribution < 1.29 is 18.7 Å². The third-order valence-corrected chi connectivity index (χ3v) is 7.39. The van der Waals surface area contributed by atoms with Crippen LogP contribution < -0.4 is 5.56 Å². The number of thioether (sulfide) groups is 1. The highest BCUT2D eigenvalue weighted by molar-refractivity contribution is 7.98. The first-order chi connectivity index (χ1) is 15.0. The lowest BCUT2D eigenvalue weighted by Crippen LogP contribution is -2.28. The average molecular weight is 463 g/mol. The van der Waals surface area contributed by atoms with Crippen molar-refractivity contribution >= 4 is 39.3 Å². The van der Waals surface area contributed by atoms with Gasteiger partial charge < -0.3 is 9.47 Å². The summed E-state index contributed by atoms with van der Waals surface area (Å²) in [5.41, 5.74) is 0.920. The quantitative estimate of drug-likeness (QED) is 0.291. The van der Waals surface area contributed by atoms with E-state index in [4.69, 9.17) is 14.5 Å². The topological polar surface area (TPSA) is 70.4 Å². The van der Waals surface area contributed by atoms with Crippen LogP contribution in [0.3, 0.4) is 0 Å². The van der Waals surface area contributed by atoms with E-state index in [2.05, 4.69) is 0 Å². The van der Waals surface area contributed by atoms with Gasteiger partial charge in [0, 0.05) is 12.4 Å². The number of halogens is 1. The number of fused-ring (bicyclic) bond motifs is 1. The SMILES string of the molecule is CCOC(=O)c1sc2nc(SCc3ccccc3F)n(CC3CCCO3)c(=O)c2c1C. The van der Waals surface area contributed by atoms with Crippen LogP contribution in [0.1, 0.15) is 40.6 Å². The van der Waals surface area contributed by atoms with E-state index in [-0.39, 0.29) is 24.1 Å². The molecule has 1 atom stereocenters. The van der Waals surface area contributed by atoms with E-state index >= 15 is 0 Å². The fourth-order valence-corrected chi connectivity index (χ4v) is 5.72. The fraction of sp³-hybridized carbons (Fsp3) is 0.409. The Bertz CT molecular complexity index is 1170. The summed E-state index contributed by atoms with van der Waals surface area (Å²) >= 11 is 2.47.